The van der Waals surface area contributed by atoms with Crippen LogP contribution in [-0.4, -0.2) is 91.3 Å². The number of likely N-dealkylation sites (tertiary alicyclic amines) is 1. The van der Waals surface area contributed by atoms with Crippen LogP contribution in [0.1, 0.15) is 73.0 Å². The van der Waals surface area contributed by atoms with Crippen molar-refractivity contribution in [3.8, 4) is 0 Å². The van der Waals surface area contributed by atoms with Gasteiger partial charge in [0.15, 0.2) is 11.6 Å². The molecule has 3 atom stereocenters. The summed E-state index contributed by atoms with van der Waals surface area (Å²) in [5.41, 5.74) is -0.642. The van der Waals surface area contributed by atoms with Gasteiger partial charge in [0.25, 0.3) is 5.91 Å². The molecule has 12 heteroatoms. The summed E-state index contributed by atoms with van der Waals surface area (Å²) in [6, 6.07) is 3.89. The minimum absolute atomic E-state index is 0.0274. The van der Waals surface area contributed by atoms with E-state index in [1.54, 1.807) is 4.90 Å². The number of nitrogens with one attached hydrogen (secondary N) is 2. The van der Waals surface area contributed by atoms with Crippen LogP contribution < -0.4 is 10.6 Å². The fourth-order valence-corrected chi connectivity index (χ4v) is 7.12. The maximum Gasteiger partial charge on any atom is 0.254 e. The third kappa shape index (κ3) is 9.52. The van der Waals surface area contributed by atoms with Gasteiger partial charge in [-0.3, -0.25) is 19.3 Å². The average Bonchev–Trinajstić information content (AvgIpc) is 3.55. The van der Waals surface area contributed by atoms with Crippen molar-refractivity contribution < 1.29 is 27.6 Å². The molecule has 1 aromatic heterocycles. The van der Waals surface area contributed by atoms with Crippen LogP contribution in [0.2, 0.25) is 0 Å². The predicted octanol–water partition coefficient (Wildman–Crippen LogP) is 4.79. The van der Waals surface area contributed by atoms with Crippen molar-refractivity contribution >= 4 is 29.1 Å². The van der Waals surface area contributed by atoms with E-state index in [4.69, 9.17) is 0 Å². The van der Waals surface area contributed by atoms with Gasteiger partial charge < -0.3 is 20.4 Å². The molecule has 0 bridgehead atoms. The molecule has 2 aliphatic rings. The Morgan fingerprint density at radius 3 is 2.42 bits per heavy atom. The number of benzene rings is 1. The molecule has 248 valence electrons. The smallest absolute Gasteiger partial charge is 0.254 e. The number of hydrogen-bond donors (Lipinski definition) is 2. The van der Waals surface area contributed by atoms with Gasteiger partial charge in [-0.25, -0.2) is 13.2 Å². The average molecular weight is 650 g/mol. The van der Waals surface area contributed by atoms with Gasteiger partial charge in [-0.1, -0.05) is 31.7 Å². The Kier molecular flexibility index (Phi) is 12.8. The highest BCUT2D eigenvalue weighted by atomic mass is 32.1. The number of nitrogens with zero attached hydrogens (tertiary/aromatic N) is 3. The summed E-state index contributed by atoms with van der Waals surface area (Å²) >= 11 is 1.50. The first-order valence-corrected chi connectivity index (χ1v) is 16.8. The maximum absolute atomic E-state index is 14.4. The highest BCUT2D eigenvalue weighted by Gasteiger charge is 2.40. The zero-order valence-electron chi connectivity index (χ0n) is 26.5. The Balaban J connectivity index is 1.52. The Labute approximate surface area is 268 Å². The summed E-state index contributed by atoms with van der Waals surface area (Å²) in [5, 5.41) is 7.51. The van der Waals surface area contributed by atoms with Crippen molar-refractivity contribution in [1.82, 2.24) is 25.3 Å². The molecule has 4 rings (SSSR count). The van der Waals surface area contributed by atoms with E-state index >= 15 is 0 Å². The standard InChI is InChI=1S/C33H46F3N5O3S/c1-39(2)15-8-7-13-30(40(3)22-10-5-4-6-11-22)33(44)41-16-14-29(25(21-41)31(42)37-20-23-12-9-17-45-23)38-32(43)24-18-27(35)28(36)19-26(24)34/h9,12,17-19,22,25,29-30H,4-8,10-11,13-16,20-21H2,1-3H3,(H,37,42)(H,38,43)/t25-,29+,30?/m0/s1. The molecule has 45 heavy (non-hydrogen) atoms. The third-order valence-corrected chi connectivity index (χ3v) is 9.99. The molecule has 1 aliphatic carbocycles. The van der Waals surface area contributed by atoms with E-state index in [9.17, 15) is 27.6 Å². The molecule has 2 fully saturated rings. The molecule has 0 spiro atoms. The lowest BCUT2D eigenvalue weighted by Gasteiger charge is -2.42. The Morgan fingerprint density at radius 1 is 1.00 bits per heavy atom. The zero-order valence-corrected chi connectivity index (χ0v) is 27.3. The van der Waals surface area contributed by atoms with Gasteiger partial charge in [0.1, 0.15) is 5.82 Å². The van der Waals surface area contributed by atoms with Crippen molar-refractivity contribution in [2.45, 2.75) is 82.5 Å². The summed E-state index contributed by atoms with van der Waals surface area (Å²) in [4.78, 5) is 47.9. The number of thiophene rings is 1. The van der Waals surface area contributed by atoms with E-state index in [2.05, 4.69) is 20.4 Å². The number of hydrogen-bond acceptors (Lipinski definition) is 6. The number of carbonyl (C=O) groups is 3. The fraction of sp³-hybridized carbons (Fsp3) is 0.606. The van der Waals surface area contributed by atoms with E-state index < -0.39 is 40.9 Å². The molecule has 2 N–H and O–H groups in total. The van der Waals surface area contributed by atoms with Crippen LogP contribution in [0, 0.1) is 23.4 Å². The molecule has 1 unspecified atom stereocenters. The second-order valence-electron chi connectivity index (χ2n) is 12.6. The number of carbonyl (C=O) groups excluding carboxylic acids is 3. The Hall–Kier alpha value is -2.96. The van der Waals surface area contributed by atoms with E-state index in [-0.39, 0.29) is 30.8 Å². The van der Waals surface area contributed by atoms with Crippen LogP contribution in [0.3, 0.4) is 0 Å². The van der Waals surface area contributed by atoms with Crippen LogP contribution in [0.15, 0.2) is 29.6 Å². The van der Waals surface area contributed by atoms with Gasteiger partial charge in [0, 0.05) is 36.1 Å². The van der Waals surface area contributed by atoms with E-state index in [0.717, 1.165) is 49.9 Å². The maximum atomic E-state index is 14.4. The van der Waals surface area contributed by atoms with Gasteiger partial charge in [0.05, 0.1) is 24.1 Å². The second-order valence-corrected chi connectivity index (χ2v) is 13.6. The minimum Gasteiger partial charge on any atom is -0.351 e. The van der Waals surface area contributed by atoms with Gasteiger partial charge in [-0.2, -0.15) is 0 Å². The van der Waals surface area contributed by atoms with Crippen LogP contribution in [0.4, 0.5) is 13.2 Å². The predicted molar refractivity (Wildman–Crippen MR) is 169 cm³/mol. The van der Waals surface area contributed by atoms with Gasteiger partial charge >= 0.3 is 0 Å². The number of amides is 3. The van der Waals surface area contributed by atoms with Crippen LogP contribution in [0.25, 0.3) is 0 Å². The molecule has 3 amide bonds. The third-order valence-electron chi connectivity index (χ3n) is 9.11. The summed E-state index contributed by atoms with van der Waals surface area (Å²) in [6.07, 6.45) is 8.43. The molecule has 1 aliphatic heterocycles. The fourth-order valence-electron chi connectivity index (χ4n) is 6.47. The highest BCUT2D eigenvalue weighted by Crippen LogP contribution is 2.27. The van der Waals surface area contributed by atoms with Gasteiger partial charge in [-0.15, -0.1) is 11.3 Å². The number of likely N-dealkylation sites (N-methyl/N-ethyl adjacent to an activating group) is 1. The lowest BCUT2D eigenvalue weighted by Crippen LogP contribution is -2.60. The molecule has 2 heterocycles. The van der Waals surface area contributed by atoms with Crippen molar-refractivity contribution in [2.24, 2.45) is 5.92 Å². The van der Waals surface area contributed by atoms with Crippen molar-refractivity contribution in [1.29, 1.82) is 0 Å². The summed E-state index contributed by atoms with van der Waals surface area (Å²) < 4.78 is 41.8. The van der Waals surface area contributed by atoms with E-state index in [0.29, 0.717) is 37.7 Å². The summed E-state index contributed by atoms with van der Waals surface area (Å²) in [6.45, 7) is 1.60. The second kappa shape index (κ2) is 16.6. The van der Waals surface area contributed by atoms with Crippen molar-refractivity contribution in [2.75, 3.05) is 40.8 Å². The molecule has 1 saturated carbocycles. The van der Waals surface area contributed by atoms with Crippen LogP contribution in [-0.2, 0) is 16.1 Å². The zero-order chi connectivity index (χ0) is 32.5. The first-order valence-electron chi connectivity index (χ1n) is 16.0. The van der Waals surface area contributed by atoms with E-state index in [1.165, 1.54) is 17.8 Å². The molecular formula is C33H46F3N5O3S. The highest BCUT2D eigenvalue weighted by molar-refractivity contribution is 7.09. The van der Waals surface area contributed by atoms with Gasteiger partial charge in [0.2, 0.25) is 11.8 Å². The van der Waals surface area contributed by atoms with Crippen LogP contribution >= 0.6 is 11.3 Å². The first kappa shape index (κ1) is 34.9. The normalized spacial score (nSPS) is 20.0. The molecule has 8 nitrogen and oxygen atoms in total. The summed E-state index contributed by atoms with van der Waals surface area (Å²) in [5.74, 6) is -6.07. The summed E-state index contributed by atoms with van der Waals surface area (Å²) in [7, 11) is 6.10. The number of unbranched alkanes of at least 4 members (excludes halogenated alkanes) is 1. The van der Waals surface area contributed by atoms with Crippen LogP contribution in [0.5, 0.6) is 0 Å². The quantitative estimate of drug-likeness (QED) is 0.241. The lowest BCUT2D eigenvalue weighted by molar-refractivity contribution is -0.142. The minimum atomic E-state index is -1.39. The SMILES string of the molecule is CN(C)CCCCC(C(=O)N1CC[C@@H](NC(=O)c2cc(F)c(F)cc2F)[C@@H](C(=O)NCc2cccs2)C1)N(C)C1CCCCC1. The number of rotatable bonds is 13. The topological polar surface area (TPSA) is 85.0 Å². The van der Waals surface area contributed by atoms with Crippen molar-refractivity contribution in [3.63, 3.8) is 0 Å². The first-order chi connectivity index (χ1) is 21.5. The molecule has 0 radical (unpaired) electrons. The molecule has 1 saturated heterocycles. The van der Waals surface area contributed by atoms with Gasteiger partial charge in [-0.05, 0) is 77.3 Å². The molecule has 1 aromatic carbocycles. The largest absolute Gasteiger partial charge is 0.351 e. The Bertz CT molecular complexity index is 1290. The monoisotopic (exact) mass is 649 g/mol. The van der Waals surface area contributed by atoms with Crippen molar-refractivity contribution in [3.05, 3.63) is 57.5 Å². The number of piperidine rings is 1. The Morgan fingerprint density at radius 2 is 1.73 bits per heavy atom. The molecule has 2 aromatic rings. The lowest BCUT2D eigenvalue weighted by atomic mass is 9.89. The molecular weight excluding hydrogens is 603 g/mol. The number of halogens is 3. The van der Waals surface area contributed by atoms with E-state index in [1.807, 2.05) is 38.7 Å².